The normalized spacial score (nSPS) is 11.2. The smallest absolute Gasteiger partial charge is 0.307 e. The van der Waals surface area contributed by atoms with E-state index in [-0.39, 0.29) is 10.6 Å². The van der Waals surface area contributed by atoms with Crippen molar-refractivity contribution in [2.45, 2.75) is 11.4 Å². The molecule has 0 unspecified atom stereocenters. The molecule has 7 heteroatoms. The third-order valence-corrected chi connectivity index (χ3v) is 2.51. The molecule has 6 nitrogen and oxygen atoms in total. The van der Waals surface area contributed by atoms with Crippen LogP contribution in [0, 0.1) is 0 Å². The zero-order valence-corrected chi connectivity index (χ0v) is 8.15. The van der Waals surface area contributed by atoms with Crippen LogP contribution in [-0.2, 0) is 21.1 Å². The van der Waals surface area contributed by atoms with Gasteiger partial charge in [0.1, 0.15) is 6.33 Å². The molecule has 0 bridgehead atoms. The van der Waals surface area contributed by atoms with E-state index in [1.165, 1.54) is 6.20 Å². The molecule has 0 radical (unpaired) electrons. The Morgan fingerprint density at radius 2 is 2.21 bits per heavy atom. The van der Waals surface area contributed by atoms with Gasteiger partial charge in [-0.25, -0.2) is 18.4 Å². The second-order valence-corrected chi connectivity index (χ2v) is 4.63. The summed E-state index contributed by atoms with van der Waals surface area (Å²) < 4.78 is 22.3. The molecule has 1 N–H and O–H groups in total. The van der Waals surface area contributed by atoms with Gasteiger partial charge in [-0.3, -0.25) is 4.79 Å². The summed E-state index contributed by atoms with van der Waals surface area (Å²) in [5, 5.41) is 8.28. The van der Waals surface area contributed by atoms with Crippen molar-refractivity contribution in [1.82, 2.24) is 9.97 Å². The van der Waals surface area contributed by atoms with E-state index in [9.17, 15) is 13.2 Å². The summed E-state index contributed by atoms with van der Waals surface area (Å²) in [6.45, 7) is 0. The number of sulfone groups is 1. The van der Waals surface area contributed by atoms with Gasteiger partial charge in [0, 0.05) is 18.0 Å². The zero-order chi connectivity index (χ0) is 10.8. The van der Waals surface area contributed by atoms with Crippen LogP contribution < -0.4 is 0 Å². The van der Waals surface area contributed by atoms with Gasteiger partial charge in [-0.15, -0.1) is 0 Å². The molecule has 1 aromatic rings. The number of nitrogens with zero attached hydrogens (tertiary/aromatic N) is 2. The van der Waals surface area contributed by atoms with Crippen LogP contribution in [0.3, 0.4) is 0 Å². The summed E-state index contributed by atoms with van der Waals surface area (Å²) in [4.78, 5) is 17.5. The molecule has 0 aliphatic heterocycles. The van der Waals surface area contributed by atoms with Crippen LogP contribution in [0.25, 0.3) is 0 Å². The highest BCUT2D eigenvalue weighted by atomic mass is 32.2. The maximum absolute atomic E-state index is 11.2. The molecular formula is C7H8N2O4S. The molecule has 1 rings (SSSR count). The molecule has 0 aliphatic rings. The van der Waals surface area contributed by atoms with Crippen molar-refractivity contribution in [1.29, 1.82) is 0 Å². The molecule has 0 aromatic carbocycles. The van der Waals surface area contributed by atoms with Crippen LogP contribution in [0.4, 0.5) is 0 Å². The van der Waals surface area contributed by atoms with Crippen LogP contribution >= 0.6 is 0 Å². The third kappa shape index (κ3) is 2.49. The first-order valence-corrected chi connectivity index (χ1v) is 5.51. The fourth-order valence-corrected chi connectivity index (χ4v) is 1.81. The van der Waals surface area contributed by atoms with Gasteiger partial charge in [-0.2, -0.15) is 0 Å². The number of hydrogen-bond donors (Lipinski definition) is 1. The van der Waals surface area contributed by atoms with Gasteiger partial charge >= 0.3 is 5.97 Å². The Balaban J connectivity index is 3.23. The molecule has 14 heavy (non-hydrogen) atoms. The fourth-order valence-electron chi connectivity index (χ4n) is 0.965. The lowest BCUT2D eigenvalue weighted by molar-refractivity contribution is -0.136. The quantitative estimate of drug-likeness (QED) is 0.684. The van der Waals surface area contributed by atoms with E-state index in [4.69, 9.17) is 5.11 Å². The van der Waals surface area contributed by atoms with E-state index in [0.717, 1.165) is 12.6 Å². The third-order valence-electron chi connectivity index (χ3n) is 1.44. The van der Waals surface area contributed by atoms with Crippen molar-refractivity contribution in [3.8, 4) is 0 Å². The molecule has 1 aromatic heterocycles. The van der Waals surface area contributed by atoms with E-state index in [1.54, 1.807) is 0 Å². The molecule has 0 amide bonds. The maximum atomic E-state index is 11.2. The number of hydrogen-bond acceptors (Lipinski definition) is 5. The molecule has 1 heterocycles. The van der Waals surface area contributed by atoms with Gasteiger partial charge in [0.25, 0.3) is 0 Å². The highest BCUT2D eigenvalue weighted by Crippen LogP contribution is 2.11. The van der Waals surface area contributed by atoms with Crippen molar-refractivity contribution in [3.05, 3.63) is 18.1 Å². The minimum absolute atomic E-state index is 0.0995. The summed E-state index contributed by atoms with van der Waals surface area (Å²) in [7, 11) is -3.49. The van der Waals surface area contributed by atoms with Crippen molar-refractivity contribution < 1.29 is 18.3 Å². The lowest BCUT2D eigenvalue weighted by Gasteiger charge is -2.02. The van der Waals surface area contributed by atoms with Crippen LogP contribution in [0.2, 0.25) is 0 Å². The highest BCUT2D eigenvalue weighted by Gasteiger charge is 2.16. The van der Waals surface area contributed by atoms with Gasteiger partial charge in [0.2, 0.25) is 0 Å². The average molecular weight is 216 g/mol. The fraction of sp³-hybridized carbons (Fsp3) is 0.286. The summed E-state index contributed by atoms with van der Waals surface area (Å²) in [6.07, 6.45) is 2.84. The van der Waals surface area contributed by atoms with Crippen LogP contribution in [-0.4, -0.2) is 35.7 Å². The van der Waals surface area contributed by atoms with Gasteiger partial charge < -0.3 is 5.11 Å². The summed E-state index contributed by atoms with van der Waals surface area (Å²) >= 11 is 0. The summed E-state index contributed by atoms with van der Waals surface area (Å²) in [6, 6.07) is 0. The Morgan fingerprint density at radius 3 is 2.71 bits per heavy atom. The number of carbonyl (C=O) groups is 1. The Kier molecular flexibility index (Phi) is 2.80. The SMILES string of the molecule is CS(=O)(=O)c1ncncc1CC(=O)O. The number of carboxylic acid groups (broad SMARTS) is 1. The van der Waals surface area contributed by atoms with E-state index in [2.05, 4.69) is 9.97 Å². The van der Waals surface area contributed by atoms with Crippen molar-refractivity contribution >= 4 is 15.8 Å². The lowest BCUT2D eigenvalue weighted by atomic mass is 10.2. The molecule has 0 saturated carbocycles. The predicted molar refractivity (Wildman–Crippen MR) is 46.5 cm³/mol. The predicted octanol–water partition coefficient (Wildman–Crippen LogP) is -0.493. The summed E-state index contributed by atoms with van der Waals surface area (Å²) in [5.74, 6) is -1.12. The second-order valence-electron chi connectivity index (χ2n) is 2.70. The number of rotatable bonds is 3. The lowest BCUT2D eigenvalue weighted by Crippen LogP contribution is -2.10. The molecule has 0 fully saturated rings. The number of carboxylic acids is 1. The average Bonchev–Trinajstić information content (AvgIpc) is 2.01. The van der Waals surface area contributed by atoms with Crippen molar-refractivity contribution in [2.24, 2.45) is 0 Å². The first-order valence-electron chi connectivity index (χ1n) is 3.62. The van der Waals surface area contributed by atoms with Crippen molar-refractivity contribution in [3.63, 3.8) is 0 Å². The van der Waals surface area contributed by atoms with Gasteiger partial charge in [0.15, 0.2) is 14.9 Å². The molecule has 76 valence electrons. The van der Waals surface area contributed by atoms with Crippen LogP contribution in [0.15, 0.2) is 17.6 Å². The Hall–Kier alpha value is -1.50. The van der Waals surface area contributed by atoms with E-state index < -0.39 is 22.2 Å². The standard InChI is InChI=1S/C7H8N2O4S/c1-14(12,13)7-5(2-6(10)11)3-8-4-9-7/h3-4H,2H2,1H3,(H,10,11). The highest BCUT2D eigenvalue weighted by molar-refractivity contribution is 7.90. The number of aromatic nitrogens is 2. The van der Waals surface area contributed by atoms with E-state index in [0.29, 0.717) is 0 Å². The molecule has 0 aliphatic carbocycles. The van der Waals surface area contributed by atoms with E-state index >= 15 is 0 Å². The maximum Gasteiger partial charge on any atom is 0.307 e. The largest absolute Gasteiger partial charge is 0.481 e. The first kappa shape index (κ1) is 10.6. The molecule has 0 spiro atoms. The topological polar surface area (TPSA) is 97.2 Å². The first-order chi connectivity index (χ1) is 6.41. The zero-order valence-electron chi connectivity index (χ0n) is 7.34. The minimum atomic E-state index is -3.49. The van der Waals surface area contributed by atoms with Gasteiger partial charge in [-0.1, -0.05) is 0 Å². The Labute approximate surface area is 80.5 Å². The van der Waals surface area contributed by atoms with Crippen molar-refractivity contribution in [2.75, 3.05) is 6.26 Å². The second kappa shape index (κ2) is 3.70. The molecule has 0 atom stereocenters. The van der Waals surface area contributed by atoms with Crippen LogP contribution in [0.5, 0.6) is 0 Å². The monoisotopic (exact) mass is 216 g/mol. The minimum Gasteiger partial charge on any atom is -0.481 e. The van der Waals surface area contributed by atoms with Crippen LogP contribution in [0.1, 0.15) is 5.56 Å². The Morgan fingerprint density at radius 1 is 1.57 bits per heavy atom. The van der Waals surface area contributed by atoms with Gasteiger partial charge in [-0.05, 0) is 0 Å². The number of aliphatic carboxylic acids is 1. The van der Waals surface area contributed by atoms with E-state index in [1.807, 2.05) is 0 Å². The molecular weight excluding hydrogens is 208 g/mol. The Bertz CT molecular complexity index is 455. The molecule has 0 saturated heterocycles. The summed E-state index contributed by atoms with van der Waals surface area (Å²) in [5.41, 5.74) is 0.0995. The van der Waals surface area contributed by atoms with Gasteiger partial charge in [0.05, 0.1) is 6.42 Å².